The Kier molecular flexibility index (Phi) is 7.05. The largest absolute Gasteiger partial charge is 0.393 e. The predicted molar refractivity (Wildman–Crippen MR) is 77.7 cm³/mol. The van der Waals surface area contributed by atoms with E-state index < -0.39 is 0 Å². The number of nitrogens with zero attached hydrogens (tertiary/aromatic N) is 1. The summed E-state index contributed by atoms with van der Waals surface area (Å²) in [6.45, 7) is 4.05. The molecule has 0 aromatic carbocycles. The summed E-state index contributed by atoms with van der Waals surface area (Å²) in [5, 5.41) is 10.5. The van der Waals surface area contributed by atoms with Gasteiger partial charge in [0.15, 0.2) is 0 Å². The minimum absolute atomic E-state index is 0.175. The normalized spacial score (nSPS) is 22.4. The van der Waals surface area contributed by atoms with Crippen molar-refractivity contribution in [2.24, 2.45) is 5.41 Å². The van der Waals surface area contributed by atoms with E-state index in [4.69, 9.17) is 0 Å². The Morgan fingerprint density at radius 3 is 2.29 bits per heavy atom. The van der Waals surface area contributed by atoms with E-state index in [1.807, 2.05) is 6.92 Å². The first-order valence-electron chi connectivity index (χ1n) is 7.00. The van der Waals surface area contributed by atoms with E-state index in [1.165, 1.54) is 45.1 Å². The molecule has 0 saturated heterocycles. The summed E-state index contributed by atoms with van der Waals surface area (Å²) in [7, 11) is 2.19. The monoisotopic (exact) mass is 305 g/mol. The number of alkyl halides is 1. The van der Waals surface area contributed by atoms with E-state index in [9.17, 15) is 5.11 Å². The first kappa shape index (κ1) is 15.5. The lowest BCUT2D eigenvalue weighted by atomic mass is 9.82. The van der Waals surface area contributed by atoms with Gasteiger partial charge in [0.25, 0.3) is 0 Å². The lowest BCUT2D eigenvalue weighted by molar-refractivity contribution is 0.135. The molecule has 0 amide bonds. The maximum atomic E-state index is 9.34. The molecule has 1 fully saturated rings. The van der Waals surface area contributed by atoms with Crippen molar-refractivity contribution < 1.29 is 5.11 Å². The Hall–Kier alpha value is 0.400. The van der Waals surface area contributed by atoms with E-state index in [-0.39, 0.29) is 6.10 Å². The third-order valence-corrected chi connectivity index (χ3v) is 5.17. The first-order valence-corrected chi connectivity index (χ1v) is 8.13. The van der Waals surface area contributed by atoms with Crippen molar-refractivity contribution in [3.63, 3.8) is 0 Å². The minimum atomic E-state index is -0.175. The van der Waals surface area contributed by atoms with Gasteiger partial charge in [0.2, 0.25) is 0 Å². The molecule has 0 aromatic heterocycles. The van der Waals surface area contributed by atoms with E-state index in [0.717, 1.165) is 18.3 Å². The summed E-state index contributed by atoms with van der Waals surface area (Å²) in [5.41, 5.74) is 0.476. The number of halogens is 1. The Labute approximate surface area is 115 Å². The summed E-state index contributed by atoms with van der Waals surface area (Å²) in [4.78, 5) is 2.40. The van der Waals surface area contributed by atoms with E-state index in [1.54, 1.807) is 0 Å². The number of hydrogen-bond acceptors (Lipinski definition) is 2. The smallest absolute Gasteiger partial charge is 0.0524 e. The molecule has 3 heteroatoms. The minimum Gasteiger partial charge on any atom is -0.393 e. The maximum Gasteiger partial charge on any atom is 0.0524 e. The molecule has 1 aliphatic carbocycles. The van der Waals surface area contributed by atoms with Crippen LogP contribution in [0.3, 0.4) is 0 Å². The van der Waals surface area contributed by atoms with Crippen molar-refractivity contribution in [3.05, 3.63) is 0 Å². The van der Waals surface area contributed by atoms with Gasteiger partial charge < -0.3 is 10.0 Å². The number of hydrogen-bond donors (Lipinski definition) is 1. The molecular weight excluding hydrogens is 278 g/mol. The maximum absolute atomic E-state index is 9.34. The van der Waals surface area contributed by atoms with Crippen LogP contribution in [0.4, 0.5) is 0 Å². The zero-order valence-corrected chi connectivity index (χ0v) is 13.0. The molecule has 1 N–H and O–H groups in total. The van der Waals surface area contributed by atoms with Crippen molar-refractivity contribution >= 4 is 15.9 Å². The van der Waals surface area contributed by atoms with Crippen LogP contribution in [0.5, 0.6) is 0 Å². The van der Waals surface area contributed by atoms with Gasteiger partial charge in [-0.15, -0.1) is 0 Å². The third-order valence-electron chi connectivity index (χ3n) is 3.98. The fourth-order valence-corrected chi connectivity index (χ4v) is 3.61. The van der Waals surface area contributed by atoms with Gasteiger partial charge in [-0.1, -0.05) is 41.6 Å². The Balaban J connectivity index is 2.43. The molecule has 17 heavy (non-hydrogen) atoms. The summed E-state index contributed by atoms with van der Waals surface area (Å²) in [6, 6.07) is 0. The van der Waals surface area contributed by atoms with Crippen LogP contribution in [0.15, 0.2) is 0 Å². The second-order valence-electron chi connectivity index (χ2n) is 5.92. The molecule has 0 aromatic rings. The van der Waals surface area contributed by atoms with Crippen molar-refractivity contribution in [2.45, 2.75) is 58.0 Å². The van der Waals surface area contributed by atoms with Crippen LogP contribution in [0.2, 0.25) is 0 Å². The second kappa shape index (κ2) is 7.75. The summed E-state index contributed by atoms with van der Waals surface area (Å²) >= 11 is 3.74. The Bertz CT molecular complexity index is 200. The molecule has 1 aliphatic rings. The molecule has 1 saturated carbocycles. The highest BCUT2D eigenvalue weighted by molar-refractivity contribution is 9.09. The molecule has 0 bridgehead atoms. The summed E-state index contributed by atoms with van der Waals surface area (Å²) in [6.07, 6.45) is 9.01. The van der Waals surface area contributed by atoms with Crippen LogP contribution in [-0.2, 0) is 0 Å². The SMILES string of the molecule is CC(O)CCN(C)CC1(CBr)CCCCCC1. The van der Waals surface area contributed by atoms with Gasteiger partial charge in [-0.05, 0) is 38.6 Å². The standard InChI is InChI=1S/C14H28BrNO/c1-13(17)7-10-16(2)12-14(11-15)8-5-3-4-6-9-14/h13,17H,3-12H2,1-2H3. The lowest BCUT2D eigenvalue weighted by Gasteiger charge is -2.35. The topological polar surface area (TPSA) is 23.5 Å². The molecule has 0 aliphatic heterocycles. The molecule has 2 nitrogen and oxygen atoms in total. The Morgan fingerprint density at radius 2 is 1.82 bits per heavy atom. The van der Waals surface area contributed by atoms with E-state index in [0.29, 0.717) is 5.41 Å². The molecule has 1 rings (SSSR count). The zero-order valence-electron chi connectivity index (χ0n) is 11.4. The van der Waals surface area contributed by atoms with Gasteiger partial charge in [-0.2, -0.15) is 0 Å². The number of aliphatic hydroxyl groups excluding tert-OH is 1. The van der Waals surface area contributed by atoms with Crippen LogP contribution in [-0.4, -0.2) is 41.6 Å². The highest BCUT2D eigenvalue weighted by Crippen LogP contribution is 2.37. The summed E-state index contributed by atoms with van der Waals surface area (Å²) in [5.74, 6) is 0. The third kappa shape index (κ3) is 5.71. The van der Waals surface area contributed by atoms with Gasteiger partial charge in [0.05, 0.1) is 6.10 Å². The highest BCUT2D eigenvalue weighted by Gasteiger charge is 2.30. The molecule has 1 atom stereocenters. The lowest BCUT2D eigenvalue weighted by Crippen LogP contribution is -2.37. The quantitative estimate of drug-likeness (QED) is 0.600. The summed E-state index contributed by atoms with van der Waals surface area (Å²) < 4.78 is 0. The predicted octanol–water partition coefficient (Wildman–Crippen LogP) is 3.42. The van der Waals surface area contributed by atoms with Crippen LogP contribution in [0.25, 0.3) is 0 Å². The first-order chi connectivity index (χ1) is 8.08. The Morgan fingerprint density at radius 1 is 1.24 bits per heavy atom. The van der Waals surface area contributed by atoms with Crippen LogP contribution in [0, 0.1) is 5.41 Å². The van der Waals surface area contributed by atoms with Crippen molar-refractivity contribution in [2.75, 3.05) is 25.5 Å². The molecule has 102 valence electrons. The number of rotatable bonds is 6. The van der Waals surface area contributed by atoms with Gasteiger partial charge in [0, 0.05) is 18.4 Å². The van der Waals surface area contributed by atoms with E-state index in [2.05, 4.69) is 27.9 Å². The second-order valence-corrected chi connectivity index (χ2v) is 6.48. The average Bonchev–Trinajstić information content (AvgIpc) is 2.53. The van der Waals surface area contributed by atoms with Crippen molar-refractivity contribution in [1.82, 2.24) is 4.90 Å². The molecular formula is C14H28BrNO. The van der Waals surface area contributed by atoms with Gasteiger partial charge in [-0.25, -0.2) is 0 Å². The average molecular weight is 306 g/mol. The van der Waals surface area contributed by atoms with Crippen LogP contribution >= 0.6 is 15.9 Å². The highest BCUT2D eigenvalue weighted by atomic mass is 79.9. The zero-order chi connectivity index (χ0) is 12.7. The van der Waals surface area contributed by atoms with Crippen LogP contribution < -0.4 is 0 Å². The van der Waals surface area contributed by atoms with E-state index >= 15 is 0 Å². The molecule has 1 unspecified atom stereocenters. The van der Waals surface area contributed by atoms with Gasteiger partial charge >= 0.3 is 0 Å². The molecule has 0 radical (unpaired) electrons. The fraction of sp³-hybridized carbons (Fsp3) is 1.00. The van der Waals surface area contributed by atoms with Gasteiger partial charge in [-0.3, -0.25) is 0 Å². The molecule has 0 heterocycles. The van der Waals surface area contributed by atoms with Crippen LogP contribution in [0.1, 0.15) is 51.9 Å². The van der Waals surface area contributed by atoms with Crippen molar-refractivity contribution in [3.8, 4) is 0 Å². The number of aliphatic hydroxyl groups is 1. The molecule has 0 spiro atoms. The van der Waals surface area contributed by atoms with Gasteiger partial charge in [0.1, 0.15) is 0 Å². The fourth-order valence-electron chi connectivity index (χ4n) is 2.87. The van der Waals surface area contributed by atoms with Crippen molar-refractivity contribution in [1.29, 1.82) is 0 Å².